The molecule has 1 saturated carbocycles. The van der Waals surface area contributed by atoms with Crippen LogP contribution in [-0.4, -0.2) is 11.7 Å². The van der Waals surface area contributed by atoms with Crippen LogP contribution in [-0.2, 0) is 4.79 Å². The Morgan fingerprint density at radius 1 is 1.60 bits per heavy atom. The predicted octanol–water partition coefficient (Wildman–Crippen LogP) is -3.16. The van der Waals surface area contributed by atoms with Gasteiger partial charge in [-0.25, -0.2) is 0 Å². The zero-order valence-electron chi connectivity index (χ0n) is 6.09. The SMILES string of the molecule is O=C([O-])CC1(CS)CC1.[Li+]. The third-order valence-electron chi connectivity index (χ3n) is 1.81. The van der Waals surface area contributed by atoms with Gasteiger partial charge in [-0.2, -0.15) is 12.6 Å². The van der Waals surface area contributed by atoms with Gasteiger partial charge in [0.1, 0.15) is 0 Å². The maximum absolute atomic E-state index is 10.1. The van der Waals surface area contributed by atoms with Crippen LogP contribution in [0.5, 0.6) is 0 Å². The van der Waals surface area contributed by atoms with E-state index in [1.807, 2.05) is 0 Å². The van der Waals surface area contributed by atoms with Crippen LogP contribution in [0.4, 0.5) is 0 Å². The number of carbonyl (C=O) groups is 1. The molecule has 52 valence electrons. The molecule has 1 aliphatic carbocycles. The van der Waals surface area contributed by atoms with Crippen molar-refractivity contribution in [3.05, 3.63) is 0 Å². The Bertz CT molecular complexity index is 134. The summed E-state index contributed by atoms with van der Waals surface area (Å²) in [5, 5.41) is 10.1. The van der Waals surface area contributed by atoms with Crippen molar-refractivity contribution in [2.45, 2.75) is 19.3 Å². The van der Waals surface area contributed by atoms with E-state index in [1.165, 1.54) is 0 Å². The molecule has 2 nitrogen and oxygen atoms in total. The molecule has 0 spiro atoms. The number of carbonyl (C=O) groups excluding carboxylic acids is 1. The molecular weight excluding hydrogens is 143 g/mol. The van der Waals surface area contributed by atoms with Gasteiger partial charge in [-0.15, -0.1) is 0 Å². The normalized spacial score (nSPS) is 19.3. The summed E-state index contributed by atoms with van der Waals surface area (Å²) in [4.78, 5) is 10.1. The summed E-state index contributed by atoms with van der Waals surface area (Å²) in [6, 6.07) is 0. The van der Waals surface area contributed by atoms with Crippen LogP contribution in [0.25, 0.3) is 0 Å². The topological polar surface area (TPSA) is 40.1 Å². The van der Waals surface area contributed by atoms with Crippen molar-refractivity contribution >= 4 is 18.6 Å². The number of carboxylic acids is 1. The second-order valence-corrected chi connectivity index (χ2v) is 3.02. The number of hydrogen-bond acceptors (Lipinski definition) is 3. The largest absolute Gasteiger partial charge is 1.00 e. The van der Waals surface area contributed by atoms with Gasteiger partial charge >= 0.3 is 18.9 Å². The van der Waals surface area contributed by atoms with Crippen LogP contribution in [0.2, 0.25) is 0 Å². The summed E-state index contributed by atoms with van der Waals surface area (Å²) < 4.78 is 0. The van der Waals surface area contributed by atoms with Crippen LogP contribution in [0, 0.1) is 5.41 Å². The first-order valence-electron chi connectivity index (χ1n) is 2.99. The van der Waals surface area contributed by atoms with Crippen LogP contribution in [0.15, 0.2) is 0 Å². The Morgan fingerprint density at radius 3 is 2.20 bits per heavy atom. The van der Waals surface area contributed by atoms with E-state index in [-0.39, 0.29) is 30.7 Å². The van der Waals surface area contributed by atoms with Gasteiger partial charge in [-0.05, 0) is 30.4 Å². The van der Waals surface area contributed by atoms with Gasteiger partial charge in [-0.3, -0.25) is 0 Å². The summed E-state index contributed by atoms with van der Waals surface area (Å²) in [5.41, 5.74) is 0.0158. The first-order valence-corrected chi connectivity index (χ1v) is 3.62. The summed E-state index contributed by atoms with van der Waals surface area (Å²) in [6.07, 6.45) is 2.20. The van der Waals surface area contributed by atoms with E-state index in [1.54, 1.807) is 0 Å². The van der Waals surface area contributed by atoms with Crippen LogP contribution in [0.1, 0.15) is 19.3 Å². The van der Waals surface area contributed by atoms with E-state index < -0.39 is 5.97 Å². The average molecular weight is 152 g/mol. The molecule has 0 atom stereocenters. The third-order valence-corrected chi connectivity index (χ3v) is 2.48. The Morgan fingerprint density at radius 2 is 2.10 bits per heavy atom. The second kappa shape index (κ2) is 3.71. The number of rotatable bonds is 3. The van der Waals surface area contributed by atoms with Gasteiger partial charge < -0.3 is 9.90 Å². The molecule has 0 unspecified atom stereocenters. The minimum absolute atomic E-state index is 0. The minimum Gasteiger partial charge on any atom is -0.550 e. The molecule has 1 fully saturated rings. The molecule has 1 rings (SSSR count). The molecule has 1 aliphatic rings. The zero-order chi connectivity index (χ0) is 6.91. The predicted molar refractivity (Wildman–Crippen MR) is 35.1 cm³/mol. The van der Waals surface area contributed by atoms with Gasteiger partial charge in [-0.1, -0.05) is 0 Å². The van der Waals surface area contributed by atoms with E-state index in [4.69, 9.17) is 0 Å². The van der Waals surface area contributed by atoms with Gasteiger partial charge in [0.25, 0.3) is 0 Å². The fraction of sp³-hybridized carbons (Fsp3) is 0.833. The molecular formula is C6H9LiO2S. The molecule has 4 heteroatoms. The molecule has 0 amide bonds. The minimum atomic E-state index is -0.943. The summed E-state index contributed by atoms with van der Waals surface area (Å²) in [5.74, 6) is -0.261. The van der Waals surface area contributed by atoms with Gasteiger partial charge in [0.05, 0.1) is 0 Å². The molecule has 0 saturated heterocycles. The van der Waals surface area contributed by atoms with E-state index in [0.29, 0.717) is 5.75 Å². The van der Waals surface area contributed by atoms with E-state index >= 15 is 0 Å². The van der Waals surface area contributed by atoms with Crippen molar-refractivity contribution in [2.24, 2.45) is 5.41 Å². The van der Waals surface area contributed by atoms with Gasteiger partial charge in [0, 0.05) is 5.97 Å². The summed E-state index contributed by atoms with van der Waals surface area (Å²) in [7, 11) is 0. The smallest absolute Gasteiger partial charge is 0.550 e. The van der Waals surface area contributed by atoms with Crippen LogP contribution in [0.3, 0.4) is 0 Å². The van der Waals surface area contributed by atoms with E-state index in [0.717, 1.165) is 12.8 Å². The van der Waals surface area contributed by atoms with Crippen molar-refractivity contribution in [3.8, 4) is 0 Å². The van der Waals surface area contributed by atoms with Gasteiger partial charge in [0.2, 0.25) is 0 Å². The molecule has 0 aliphatic heterocycles. The fourth-order valence-corrected chi connectivity index (χ4v) is 1.30. The van der Waals surface area contributed by atoms with Crippen LogP contribution < -0.4 is 24.0 Å². The van der Waals surface area contributed by atoms with Crippen molar-refractivity contribution in [3.63, 3.8) is 0 Å². The maximum Gasteiger partial charge on any atom is 1.00 e. The molecule has 0 aromatic heterocycles. The number of thiol groups is 1. The Kier molecular flexibility index (Phi) is 3.86. The number of hydrogen-bond donors (Lipinski definition) is 1. The fourth-order valence-electron chi connectivity index (χ4n) is 0.874. The zero-order valence-corrected chi connectivity index (χ0v) is 6.99. The Hall–Kier alpha value is 0.417. The summed E-state index contributed by atoms with van der Waals surface area (Å²) >= 11 is 4.05. The maximum atomic E-state index is 10.1. The molecule has 10 heavy (non-hydrogen) atoms. The van der Waals surface area contributed by atoms with Crippen molar-refractivity contribution in [2.75, 3.05) is 5.75 Å². The molecule has 0 bridgehead atoms. The number of carboxylic acid groups (broad SMARTS) is 1. The quantitative estimate of drug-likeness (QED) is 0.342. The third kappa shape index (κ3) is 2.57. The number of aliphatic carboxylic acids is 1. The monoisotopic (exact) mass is 152 g/mol. The second-order valence-electron chi connectivity index (χ2n) is 2.71. The standard InChI is InChI=1S/C6H10O2S.Li/c7-5(8)3-6(4-9)1-2-6;/h9H,1-4H2,(H,7,8);/q;+1/p-1. The van der Waals surface area contributed by atoms with Gasteiger partial charge in [0.15, 0.2) is 0 Å². The average Bonchev–Trinajstić information content (AvgIpc) is 2.48. The molecule has 0 N–H and O–H groups in total. The Labute approximate surface area is 78.0 Å². The summed E-state index contributed by atoms with van der Waals surface area (Å²) in [6.45, 7) is 0. The van der Waals surface area contributed by atoms with Crippen LogP contribution >= 0.6 is 12.6 Å². The van der Waals surface area contributed by atoms with Crippen molar-refractivity contribution in [1.82, 2.24) is 0 Å². The first kappa shape index (κ1) is 10.4. The first-order chi connectivity index (χ1) is 4.18. The van der Waals surface area contributed by atoms with Crippen molar-refractivity contribution < 1.29 is 28.8 Å². The molecule has 0 aromatic rings. The molecule has 0 radical (unpaired) electrons. The van der Waals surface area contributed by atoms with E-state index in [9.17, 15) is 9.90 Å². The van der Waals surface area contributed by atoms with E-state index in [2.05, 4.69) is 12.6 Å². The molecule has 0 heterocycles. The Balaban J connectivity index is 0.000000810. The van der Waals surface area contributed by atoms with Crippen molar-refractivity contribution in [1.29, 1.82) is 0 Å². The molecule has 0 aromatic carbocycles.